The maximum absolute atomic E-state index is 14.1. The Morgan fingerprint density at radius 1 is 1.57 bits per heavy atom. The molecule has 0 aliphatic carbocycles. The average Bonchev–Trinajstić information content (AvgIpc) is 2.32. The van der Waals surface area contributed by atoms with Crippen LogP contribution < -0.4 is 11.1 Å². The van der Waals surface area contributed by atoms with E-state index in [0.29, 0.717) is 0 Å². The van der Waals surface area contributed by atoms with E-state index in [1.165, 1.54) is 6.07 Å². The van der Waals surface area contributed by atoms with Gasteiger partial charge >= 0.3 is 6.09 Å². The zero-order valence-corrected chi connectivity index (χ0v) is 13.8. The molecule has 4 N–H and O–H groups in total. The van der Waals surface area contributed by atoms with Crippen LogP contribution in [0.1, 0.15) is 32.8 Å². The molecule has 0 aliphatic rings. The minimum absolute atomic E-state index is 0.0578. The molecule has 21 heavy (non-hydrogen) atoms. The number of hydrogen-bond donors (Lipinski definition) is 3. The highest BCUT2D eigenvalue weighted by Gasteiger charge is 2.27. The van der Waals surface area contributed by atoms with Crippen molar-refractivity contribution in [2.45, 2.75) is 32.9 Å². The smallest absolute Gasteiger partial charge is 0.411 e. The number of carbonyl (C=O) groups excluding carboxylic acids is 1. The van der Waals surface area contributed by atoms with Crippen LogP contribution in [-0.4, -0.2) is 17.8 Å². The first kappa shape index (κ1) is 17.9. The highest BCUT2D eigenvalue weighted by Crippen LogP contribution is 2.32. The number of aliphatic hydroxyl groups is 1. The number of nitrogens with one attached hydrogen (secondary N) is 1. The quantitative estimate of drug-likeness (QED) is 0.701. The first-order valence-electron chi connectivity index (χ1n) is 6.62. The Balaban J connectivity index is 3.07. The van der Waals surface area contributed by atoms with Gasteiger partial charge in [0.15, 0.2) is 0 Å². The topological polar surface area (TPSA) is 84.6 Å². The maximum Gasteiger partial charge on any atom is 0.411 e. The molecule has 0 saturated heterocycles. The fraction of sp³-hybridized carbons (Fsp3) is 0.500. The van der Waals surface area contributed by atoms with E-state index in [1.807, 2.05) is 13.8 Å². The van der Waals surface area contributed by atoms with E-state index in [0.717, 1.165) is 6.07 Å². The second-order valence-electron chi connectivity index (χ2n) is 5.18. The number of benzene rings is 1. The molecule has 1 aromatic carbocycles. The predicted molar refractivity (Wildman–Crippen MR) is 82.3 cm³/mol. The summed E-state index contributed by atoms with van der Waals surface area (Å²) < 4.78 is 19.1. The molecule has 7 heteroatoms. The van der Waals surface area contributed by atoms with E-state index in [4.69, 9.17) is 10.5 Å². The summed E-state index contributed by atoms with van der Waals surface area (Å²) in [6, 6.07) is 2.59. The van der Waals surface area contributed by atoms with Gasteiger partial charge in [0.25, 0.3) is 0 Å². The Bertz CT molecular complexity index is 498. The van der Waals surface area contributed by atoms with Gasteiger partial charge in [-0.25, -0.2) is 9.18 Å². The van der Waals surface area contributed by atoms with Gasteiger partial charge in [0.2, 0.25) is 0 Å². The Morgan fingerprint density at radius 3 is 2.67 bits per heavy atom. The summed E-state index contributed by atoms with van der Waals surface area (Å²) in [5.74, 6) is -0.570. The number of amides is 1. The highest BCUT2D eigenvalue weighted by atomic mass is 79.9. The summed E-state index contributed by atoms with van der Waals surface area (Å²) in [4.78, 5) is 11.3. The zero-order valence-electron chi connectivity index (χ0n) is 12.2. The third kappa shape index (κ3) is 4.94. The van der Waals surface area contributed by atoms with Crippen LogP contribution >= 0.6 is 15.9 Å². The maximum atomic E-state index is 14.1. The standard InChI is InChI=1S/C14H20BrFN2O3/c1-4-21-13(19)18-12-10(15)5-9(6-11(12)16)14(17,20)7-8(2)3/h5-6,8,20H,4,7,17H2,1-3H3,(H,18,19). The lowest BCUT2D eigenvalue weighted by Crippen LogP contribution is -2.38. The number of anilines is 1. The van der Waals surface area contributed by atoms with Gasteiger partial charge in [-0.05, 0) is 47.3 Å². The van der Waals surface area contributed by atoms with Crippen molar-refractivity contribution in [1.82, 2.24) is 0 Å². The van der Waals surface area contributed by atoms with Crippen LogP contribution in [0.5, 0.6) is 0 Å². The molecule has 118 valence electrons. The van der Waals surface area contributed by atoms with Crippen LogP contribution in [0.3, 0.4) is 0 Å². The number of halogens is 2. The first-order valence-corrected chi connectivity index (χ1v) is 7.41. The molecule has 0 saturated carbocycles. The summed E-state index contributed by atoms with van der Waals surface area (Å²) in [7, 11) is 0. The van der Waals surface area contributed by atoms with E-state index < -0.39 is 17.6 Å². The van der Waals surface area contributed by atoms with Crippen molar-refractivity contribution in [1.29, 1.82) is 0 Å². The Hall–Kier alpha value is -1.18. The summed E-state index contributed by atoms with van der Waals surface area (Å²) in [5, 5.41) is 12.5. The number of rotatable bonds is 5. The summed E-state index contributed by atoms with van der Waals surface area (Å²) >= 11 is 3.16. The molecule has 5 nitrogen and oxygen atoms in total. The van der Waals surface area contributed by atoms with Crippen molar-refractivity contribution in [3.05, 3.63) is 28.0 Å². The monoisotopic (exact) mass is 362 g/mol. The average molecular weight is 363 g/mol. The molecule has 0 bridgehead atoms. The minimum Gasteiger partial charge on any atom is -0.450 e. The fourth-order valence-electron chi connectivity index (χ4n) is 1.95. The Morgan fingerprint density at radius 2 is 2.19 bits per heavy atom. The molecule has 0 radical (unpaired) electrons. The van der Waals surface area contributed by atoms with Gasteiger partial charge in [0, 0.05) is 10.0 Å². The number of nitrogens with two attached hydrogens (primary N) is 1. The third-order valence-corrected chi connectivity index (χ3v) is 3.39. The van der Waals surface area contributed by atoms with Crippen molar-refractivity contribution in [3.8, 4) is 0 Å². The largest absolute Gasteiger partial charge is 0.450 e. The van der Waals surface area contributed by atoms with Gasteiger partial charge in [0.1, 0.15) is 11.5 Å². The second-order valence-corrected chi connectivity index (χ2v) is 6.04. The molecular weight excluding hydrogens is 343 g/mol. The van der Waals surface area contributed by atoms with E-state index in [2.05, 4.69) is 21.2 Å². The first-order chi connectivity index (χ1) is 9.67. The van der Waals surface area contributed by atoms with Gasteiger partial charge in [0.05, 0.1) is 12.3 Å². The van der Waals surface area contributed by atoms with Crippen LogP contribution in [0.25, 0.3) is 0 Å². The molecule has 0 aromatic heterocycles. The van der Waals surface area contributed by atoms with E-state index in [9.17, 15) is 14.3 Å². The number of ether oxygens (including phenoxy) is 1. The van der Waals surface area contributed by atoms with Crippen molar-refractivity contribution in [2.75, 3.05) is 11.9 Å². The molecule has 1 atom stereocenters. The SMILES string of the molecule is CCOC(=O)Nc1c(F)cc(C(N)(O)CC(C)C)cc1Br. The van der Waals surface area contributed by atoms with Crippen molar-refractivity contribution >= 4 is 27.7 Å². The highest BCUT2D eigenvalue weighted by molar-refractivity contribution is 9.10. The Kier molecular flexibility index (Phi) is 6.12. The minimum atomic E-state index is -1.64. The van der Waals surface area contributed by atoms with E-state index in [1.54, 1.807) is 6.92 Å². The van der Waals surface area contributed by atoms with Gasteiger partial charge in [-0.3, -0.25) is 11.1 Å². The van der Waals surface area contributed by atoms with Crippen molar-refractivity contribution in [2.24, 2.45) is 11.7 Å². The third-order valence-electron chi connectivity index (χ3n) is 2.76. The molecule has 0 heterocycles. The molecule has 1 unspecified atom stereocenters. The van der Waals surface area contributed by atoms with Gasteiger partial charge in [-0.15, -0.1) is 0 Å². The van der Waals surface area contributed by atoms with Gasteiger partial charge in [-0.1, -0.05) is 13.8 Å². The second kappa shape index (κ2) is 7.20. The van der Waals surface area contributed by atoms with Gasteiger partial charge in [-0.2, -0.15) is 0 Å². The van der Waals surface area contributed by atoms with Crippen molar-refractivity contribution in [3.63, 3.8) is 0 Å². The normalized spacial score (nSPS) is 13.9. The molecule has 0 spiro atoms. The van der Waals surface area contributed by atoms with Crippen LogP contribution in [0.2, 0.25) is 0 Å². The molecular formula is C14H20BrFN2O3. The molecule has 1 rings (SSSR count). The molecule has 0 fully saturated rings. The molecule has 1 amide bonds. The zero-order chi connectivity index (χ0) is 16.2. The molecule has 0 aliphatic heterocycles. The van der Waals surface area contributed by atoms with E-state index in [-0.39, 0.29) is 34.7 Å². The van der Waals surface area contributed by atoms with Crippen LogP contribution in [0.15, 0.2) is 16.6 Å². The number of carbonyl (C=O) groups is 1. The number of hydrogen-bond acceptors (Lipinski definition) is 4. The Labute approximate surface area is 131 Å². The summed E-state index contributed by atoms with van der Waals surface area (Å²) in [5.41, 5.74) is 4.37. The lowest BCUT2D eigenvalue weighted by molar-refractivity contribution is 0.0215. The van der Waals surface area contributed by atoms with E-state index >= 15 is 0 Å². The summed E-state index contributed by atoms with van der Waals surface area (Å²) in [6.45, 7) is 5.63. The summed E-state index contributed by atoms with van der Waals surface area (Å²) in [6.07, 6.45) is -0.473. The van der Waals surface area contributed by atoms with Gasteiger partial charge < -0.3 is 9.84 Å². The lowest BCUT2D eigenvalue weighted by atomic mass is 9.93. The van der Waals surface area contributed by atoms with Crippen LogP contribution in [0.4, 0.5) is 14.9 Å². The van der Waals surface area contributed by atoms with Crippen LogP contribution in [-0.2, 0) is 10.5 Å². The fourth-order valence-corrected chi connectivity index (χ4v) is 2.49. The molecule has 1 aromatic rings. The van der Waals surface area contributed by atoms with Crippen LogP contribution in [0, 0.1) is 11.7 Å². The predicted octanol–water partition coefficient (Wildman–Crippen LogP) is 3.31. The lowest BCUT2D eigenvalue weighted by Gasteiger charge is -2.26. The van der Waals surface area contributed by atoms with Crippen molar-refractivity contribution < 1.29 is 19.0 Å².